The number of aromatic nitrogens is 3. The third-order valence-electron chi connectivity index (χ3n) is 8.87. The van der Waals surface area contributed by atoms with Crippen LogP contribution in [0.15, 0.2) is 43.1 Å². The first-order valence-corrected chi connectivity index (χ1v) is 15.1. The number of fused-ring (bicyclic) bond motifs is 3. The van der Waals surface area contributed by atoms with Gasteiger partial charge in [0.1, 0.15) is 11.3 Å². The van der Waals surface area contributed by atoms with Crippen LogP contribution >= 0.6 is 23.2 Å². The summed E-state index contributed by atoms with van der Waals surface area (Å²) < 4.78 is 18.6. The maximum atomic E-state index is 16.7. The second kappa shape index (κ2) is 11.4. The van der Waals surface area contributed by atoms with E-state index in [0.717, 1.165) is 29.6 Å². The fraction of sp³-hybridized carbons (Fsp3) is 0.375. The zero-order valence-electron chi connectivity index (χ0n) is 24.3. The highest BCUT2D eigenvalue weighted by Gasteiger charge is 2.35. The van der Waals surface area contributed by atoms with E-state index in [-0.39, 0.29) is 40.5 Å². The van der Waals surface area contributed by atoms with Crippen LogP contribution in [0.1, 0.15) is 30.9 Å². The van der Waals surface area contributed by atoms with Crippen LogP contribution in [-0.4, -0.2) is 76.3 Å². The summed E-state index contributed by atoms with van der Waals surface area (Å²) in [5, 5.41) is 16.4. The van der Waals surface area contributed by atoms with Crippen LogP contribution < -0.4 is 4.90 Å². The van der Waals surface area contributed by atoms with Gasteiger partial charge in [0.25, 0.3) is 0 Å². The number of aryl methyl sites for hydroxylation is 1. The second-order valence-electron chi connectivity index (χ2n) is 11.6. The van der Waals surface area contributed by atoms with E-state index in [9.17, 15) is 10.1 Å². The minimum Gasteiger partial charge on any atom is -0.353 e. The highest BCUT2D eigenvalue weighted by molar-refractivity contribution is 6.37. The van der Waals surface area contributed by atoms with Gasteiger partial charge in [-0.25, -0.2) is 9.37 Å². The Morgan fingerprint density at radius 1 is 1.28 bits per heavy atom. The van der Waals surface area contributed by atoms with Gasteiger partial charge in [-0.15, -0.1) is 0 Å². The van der Waals surface area contributed by atoms with E-state index in [0.29, 0.717) is 47.2 Å². The Kier molecular flexibility index (Phi) is 7.80. The van der Waals surface area contributed by atoms with Crippen molar-refractivity contribution < 1.29 is 9.18 Å². The van der Waals surface area contributed by atoms with E-state index in [4.69, 9.17) is 33.3 Å². The Morgan fingerprint density at radius 2 is 2.05 bits per heavy atom. The number of hydrogen-bond donors (Lipinski definition) is 0. The Balaban J connectivity index is 1.55. The molecule has 0 bridgehead atoms. The highest BCUT2D eigenvalue weighted by atomic mass is 35.5. The maximum absolute atomic E-state index is 16.7. The molecule has 222 valence electrons. The first-order chi connectivity index (χ1) is 20.6. The fourth-order valence-electron chi connectivity index (χ4n) is 6.38. The molecule has 8 nitrogen and oxygen atoms in total. The van der Waals surface area contributed by atoms with Gasteiger partial charge < -0.3 is 14.7 Å². The molecule has 2 atom stereocenters. The number of carbonyl (C=O) groups is 1. The Labute approximate surface area is 259 Å². The maximum Gasteiger partial charge on any atom is 0.246 e. The lowest BCUT2D eigenvalue weighted by Crippen LogP contribution is -2.57. The predicted molar refractivity (Wildman–Crippen MR) is 169 cm³/mol. The molecule has 2 saturated heterocycles. The number of nitriles is 1. The number of nitrogens with zero attached hydrogens (tertiary/aromatic N) is 7. The minimum atomic E-state index is -0.538. The number of likely N-dealkylation sites (N-methyl/N-ethyl adjacent to an activating group) is 1. The average molecular weight is 621 g/mol. The van der Waals surface area contributed by atoms with Crippen molar-refractivity contribution in [3.05, 3.63) is 64.5 Å². The molecule has 0 saturated carbocycles. The van der Waals surface area contributed by atoms with E-state index in [1.165, 1.54) is 6.08 Å². The summed E-state index contributed by atoms with van der Waals surface area (Å²) in [4.78, 5) is 23.5. The number of rotatable bonds is 6. The molecule has 2 aliphatic rings. The van der Waals surface area contributed by atoms with Crippen molar-refractivity contribution >= 4 is 56.7 Å². The number of likely N-dealkylation sites (tertiary alicyclic amines) is 1. The topological polar surface area (TPSA) is 81.3 Å². The fourth-order valence-corrected chi connectivity index (χ4v) is 6.89. The molecule has 0 N–H and O–H groups in total. The Morgan fingerprint density at radius 3 is 2.74 bits per heavy atom. The van der Waals surface area contributed by atoms with Crippen LogP contribution in [0.3, 0.4) is 0 Å². The van der Waals surface area contributed by atoms with Gasteiger partial charge in [-0.05, 0) is 51.6 Å². The molecular weight excluding hydrogens is 588 g/mol. The number of anilines is 1. The van der Waals surface area contributed by atoms with E-state index in [1.54, 1.807) is 23.2 Å². The Hall–Kier alpha value is -3.71. The molecule has 2 fully saturated rings. The monoisotopic (exact) mass is 619 g/mol. The lowest BCUT2D eigenvalue weighted by atomic mass is 9.94. The third kappa shape index (κ3) is 4.92. The van der Waals surface area contributed by atoms with Gasteiger partial charge in [-0.2, -0.15) is 10.4 Å². The van der Waals surface area contributed by atoms with Crippen molar-refractivity contribution in [2.45, 2.75) is 44.3 Å². The number of pyridine rings is 1. The summed E-state index contributed by atoms with van der Waals surface area (Å²) in [7, 11) is 4.09. The first kappa shape index (κ1) is 29.4. The van der Waals surface area contributed by atoms with E-state index >= 15 is 4.39 Å². The molecule has 1 amide bonds. The molecule has 43 heavy (non-hydrogen) atoms. The van der Waals surface area contributed by atoms with E-state index in [2.05, 4.69) is 22.4 Å². The van der Waals surface area contributed by atoms with Crippen LogP contribution in [0, 0.1) is 24.1 Å². The van der Waals surface area contributed by atoms with Crippen LogP contribution in [0.25, 0.3) is 32.9 Å². The first-order valence-electron chi connectivity index (χ1n) is 14.3. The highest BCUT2D eigenvalue weighted by Crippen LogP contribution is 2.44. The van der Waals surface area contributed by atoms with Gasteiger partial charge in [0.05, 0.1) is 45.7 Å². The summed E-state index contributed by atoms with van der Waals surface area (Å²) in [5.74, 6) is -0.0584. The zero-order valence-corrected chi connectivity index (χ0v) is 25.8. The number of halogens is 3. The van der Waals surface area contributed by atoms with Crippen molar-refractivity contribution in [1.82, 2.24) is 24.6 Å². The summed E-state index contributed by atoms with van der Waals surface area (Å²) in [6.07, 6.45) is 4.43. The van der Waals surface area contributed by atoms with Crippen molar-refractivity contribution in [2.24, 2.45) is 0 Å². The van der Waals surface area contributed by atoms with Crippen molar-refractivity contribution in [1.29, 1.82) is 5.26 Å². The zero-order chi connectivity index (χ0) is 30.6. The Bertz CT molecular complexity index is 1810. The number of benzene rings is 2. The van der Waals surface area contributed by atoms with Crippen LogP contribution in [0.2, 0.25) is 10.0 Å². The molecule has 6 rings (SSSR count). The van der Waals surface area contributed by atoms with Crippen LogP contribution in [-0.2, 0) is 4.79 Å². The third-order valence-corrected chi connectivity index (χ3v) is 9.67. The smallest absolute Gasteiger partial charge is 0.246 e. The minimum absolute atomic E-state index is 0.123. The molecule has 2 aromatic heterocycles. The van der Waals surface area contributed by atoms with Gasteiger partial charge in [0, 0.05) is 48.2 Å². The van der Waals surface area contributed by atoms with Crippen LogP contribution in [0.4, 0.5) is 10.2 Å². The molecule has 0 spiro atoms. The quantitative estimate of drug-likeness (QED) is 0.233. The summed E-state index contributed by atoms with van der Waals surface area (Å²) in [6, 6.07) is 9.39. The van der Waals surface area contributed by atoms with E-state index < -0.39 is 5.82 Å². The van der Waals surface area contributed by atoms with Gasteiger partial charge in [0.15, 0.2) is 5.82 Å². The van der Waals surface area contributed by atoms with Crippen molar-refractivity contribution in [3.63, 3.8) is 0 Å². The average Bonchev–Trinajstić information content (AvgIpc) is 3.40. The molecule has 11 heteroatoms. The van der Waals surface area contributed by atoms with Gasteiger partial charge in [0.2, 0.25) is 5.91 Å². The van der Waals surface area contributed by atoms with Crippen molar-refractivity contribution in [3.8, 4) is 17.2 Å². The number of piperidine rings is 1. The lowest BCUT2D eigenvalue weighted by molar-refractivity contribution is -0.130. The molecule has 4 aromatic rings. The second-order valence-corrected chi connectivity index (χ2v) is 12.4. The van der Waals surface area contributed by atoms with Gasteiger partial charge >= 0.3 is 0 Å². The molecular formula is C32H32Cl2FN7O. The number of carbonyl (C=O) groups excluding carboxylic acids is 1. The summed E-state index contributed by atoms with van der Waals surface area (Å²) in [6.45, 7) is 7.46. The van der Waals surface area contributed by atoms with Crippen LogP contribution in [0.5, 0.6) is 0 Å². The molecule has 4 heterocycles. The largest absolute Gasteiger partial charge is 0.353 e. The predicted octanol–water partition coefficient (Wildman–Crippen LogP) is 6.39. The summed E-state index contributed by atoms with van der Waals surface area (Å²) in [5.41, 5.74) is 2.48. The number of hydrogen-bond acceptors (Lipinski definition) is 6. The SMILES string of the molecule is C=CC(=O)N1CCC(n2ncc3c(N4CC(N(C)C)C4)nc4c(F)c(-c5cccc(C)c5Cl)c(Cl)cc4c32)C[C@H]1CC#N. The van der Waals surface area contributed by atoms with E-state index in [1.807, 2.05) is 37.8 Å². The molecule has 0 aliphatic carbocycles. The standard InChI is InChI=1S/C32H32Cl2FN7O/c1-5-26(43)41-12-10-20(13-19(41)9-11-36)42-31-23-14-25(33)27(22-8-6-7-18(2)28(22)34)29(35)30(23)38-32(24(31)15-37-42)40-16-21(17-40)39(3)4/h5-8,14-15,19-21H,1,9-10,12-13,16-17H2,2-4H3/t19-,20?/m1/s1. The molecule has 1 unspecified atom stereocenters. The lowest BCUT2D eigenvalue weighted by Gasteiger charge is -2.43. The normalized spacial score (nSPS) is 19.2. The van der Waals surface area contributed by atoms with Crippen molar-refractivity contribution in [2.75, 3.05) is 38.6 Å². The summed E-state index contributed by atoms with van der Waals surface area (Å²) >= 11 is 13.5. The van der Waals surface area contributed by atoms with Gasteiger partial charge in [-0.3, -0.25) is 9.48 Å². The molecule has 2 aliphatic heterocycles. The van der Waals surface area contributed by atoms with Gasteiger partial charge in [-0.1, -0.05) is 48.0 Å². The number of amides is 1. The molecule has 0 radical (unpaired) electrons. The molecule has 2 aromatic carbocycles.